The van der Waals surface area contributed by atoms with Crippen LogP contribution in [0, 0.1) is 0 Å². The fourth-order valence-corrected chi connectivity index (χ4v) is 2.98. The number of H-pyrrole nitrogens is 2. The van der Waals surface area contributed by atoms with E-state index in [2.05, 4.69) is 47.3 Å². The quantitative estimate of drug-likeness (QED) is 0.665. The van der Waals surface area contributed by atoms with Gasteiger partial charge in [0.15, 0.2) is 5.82 Å². The minimum Gasteiger partial charge on any atom is -0.262 e. The normalized spacial score (nSPS) is 10.9. The van der Waals surface area contributed by atoms with Crippen LogP contribution in [0.15, 0.2) is 22.7 Å². The van der Waals surface area contributed by atoms with Gasteiger partial charge in [-0.15, -0.1) is 26.6 Å². The van der Waals surface area contributed by atoms with Crippen LogP contribution in [0.5, 0.6) is 0 Å². The van der Waals surface area contributed by atoms with E-state index in [0.29, 0.717) is 5.82 Å². The highest BCUT2D eigenvalue weighted by atomic mass is 32.2. The Labute approximate surface area is 117 Å². The van der Waals surface area contributed by atoms with Gasteiger partial charge in [-0.05, 0) is 11.4 Å². The van der Waals surface area contributed by atoms with Gasteiger partial charge in [0.05, 0.1) is 0 Å². The second-order valence-corrected chi connectivity index (χ2v) is 5.84. The second kappa shape index (κ2) is 5.93. The van der Waals surface area contributed by atoms with E-state index in [1.54, 1.807) is 23.1 Å². The second-order valence-electron chi connectivity index (χ2n) is 3.75. The molecule has 0 aromatic carbocycles. The number of tetrazole rings is 1. The first kappa shape index (κ1) is 12.3. The van der Waals surface area contributed by atoms with Crippen molar-refractivity contribution >= 4 is 23.1 Å². The van der Waals surface area contributed by atoms with Crippen molar-refractivity contribution in [2.45, 2.75) is 18.0 Å². The third-order valence-electron chi connectivity index (χ3n) is 2.38. The van der Waals surface area contributed by atoms with Crippen LogP contribution < -0.4 is 0 Å². The lowest BCUT2D eigenvalue weighted by atomic mass is 10.3. The molecule has 3 aromatic heterocycles. The van der Waals surface area contributed by atoms with Crippen LogP contribution in [-0.4, -0.2) is 41.6 Å². The summed E-state index contributed by atoms with van der Waals surface area (Å²) in [6, 6.07) is 4.13. The van der Waals surface area contributed by atoms with Gasteiger partial charge >= 0.3 is 0 Å². The number of thioether (sulfide) groups is 1. The molecule has 98 valence electrons. The summed E-state index contributed by atoms with van der Waals surface area (Å²) in [6.45, 7) is 0. The maximum absolute atomic E-state index is 4.44. The van der Waals surface area contributed by atoms with Gasteiger partial charge in [-0.3, -0.25) is 5.10 Å². The topological polar surface area (TPSA) is 96.0 Å². The minimum absolute atomic E-state index is 0.710. The van der Waals surface area contributed by atoms with Gasteiger partial charge in [0.25, 0.3) is 0 Å². The molecule has 9 heteroatoms. The molecule has 0 fully saturated rings. The zero-order valence-electron chi connectivity index (χ0n) is 9.91. The number of hydrogen-bond donors (Lipinski definition) is 2. The third-order valence-corrected chi connectivity index (χ3v) is 4.10. The summed E-state index contributed by atoms with van der Waals surface area (Å²) in [5.41, 5.74) is 0. The van der Waals surface area contributed by atoms with E-state index in [1.807, 2.05) is 6.07 Å². The maximum atomic E-state index is 4.44. The molecule has 0 radical (unpaired) electrons. The molecule has 3 heterocycles. The zero-order valence-corrected chi connectivity index (χ0v) is 11.5. The molecule has 7 nitrogen and oxygen atoms in total. The Morgan fingerprint density at radius 3 is 3.11 bits per heavy atom. The number of aryl methyl sites for hydroxylation is 1. The number of aromatic nitrogens is 7. The molecule has 2 N–H and O–H groups in total. The van der Waals surface area contributed by atoms with Crippen molar-refractivity contribution in [2.24, 2.45) is 0 Å². The predicted molar refractivity (Wildman–Crippen MR) is 72.1 cm³/mol. The first-order chi connectivity index (χ1) is 9.40. The highest BCUT2D eigenvalue weighted by molar-refractivity contribution is 7.99. The first-order valence-electron chi connectivity index (χ1n) is 5.69. The van der Waals surface area contributed by atoms with Gasteiger partial charge in [-0.25, -0.2) is 4.98 Å². The summed E-state index contributed by atoms with van der Waals surface area (Å²) in [7, 11) is 0. The number of nitrogens with one attached hydrogen (secondary N) is 2. The Balaban J connectivity index is 1.50. The molecule has 19 heavy (non-hydrogen) atoms. The standard InChI is InChI=1S/C10H11N7S2/c1-2-7(18-4-1)6-9-11-10(15-12-9)19-5-3-8-13-16-17-14-8/h1-2,4H,3,5-6H2,(H,11,12,15)(H,13,14,16,17). The van der Waals surface area contributed by atoms with E-state index in [0.717, 1.165) is 29.6 Å². The summed E-state index contributed by atoms with van der Waals surface area (Å²) < 4.78 is 0. The molecule has 3 aromatic rings. The Hall–Kier alpha value is -1.74. The van der Waals surface area contributed by atoms with Crippen molar-refractivity contribution in [1.29, 1.82) is 0 Å². The van der Waals surface area contributed by atoms with Crippen LogP contribution in [-0.2, 0) is 12.8 Å². The summed E-state index contributed by atoms with van der Waals surface area (Å²) in [4.78, 5) is 5.72. The van der Waals surface area contributed by atoms with Crippen molar-refractivity contribution < 1.29 is 0 Å². The van der Waals surface area contributed by atoms with Gasteiger partial charge in [0.2, 0.25) is 5.16 Å². The molecule has 0 atom stereocenters. The Morgan fingerprint density at radius 2 is 2.32 bits per heavy atom. The molecule has 3 rings (SSSR count). The van der Waals surface area contributed by atoms with Crippen molar-refractivity contribution in [2.75, 3.05) is 5.75 Å². The smallest absolute Gasteiger partial charge is 0.208 e. The molecule has 0 aliphatic rings. The molecule has 0 saturated carbocycles. The average Bonchev–Trinajstić information content (AvgIpc) is 3.12. The fourth-order valence-electron chi connectivity index (χ4n) is 1.52. The van der Waals surface area contributed by atoms with E-state index in [1.165, 1.54) is 4.88 Å². The van der Waals surface area contributed by atoms with Gasteiger partial charge in [-0.2, -0.15) is 5.21 Å². The lowest BCUT2D eigenvalue weighted by molar-refractivity contribution is 0.881. The average molecular weight is 293 g/mol. The third kappa shape index (κ3) is 3.38. The molecule has 0 spiro atoms. The van der Waals surface area contributed by atoms with E-state index in [9.17, 15) is 0 Å². The number of nitrogens with zero attached hydrogens (tertiary/aromatic N) is 5. The Bertz CT molecular complexity index is 602. The van der Waals surface area contributed by atoms with Crippen molar-refractivity contribution in [3.63, 3.8) is 0 Å². The number of hydrogen-bond acceptors (Lipinski definition) is 7. The number of aromatic amines is 2. The maximum Gasteiger partial charge on any atom is 0.208 e. The van der Waals surface area contributed by atoms with Gasteiger partial charge in [-0.1, -0.05) is 23.0 Å². The van der Waals surface area contributed by atoms with E-state index in [-0.39, 0.29) is 0 Å². The van der Waals surface area contributed by atoms with E-state index in [4.69, 9.17) is 0 Å². The summed E-state index contributed by atoms with van der Waals surface area (Å²) in [5.74, 6) is 2.43. The molecule has 0 aliphatic heterocycles. The van der Waals surface area contributed by atoms with Crippen molar-refractivity contribution in [3.8, 4) is 0 Å². The van der Waals surface area contributed by atoms with E-state index >= 15 is 0 Å². The molecule has 0 unspecified atom stereocenters. The highest BCUT2D eigenvalue weighted by Gasteiger charge is 2.06. The predicted octanol–water partition coefficient (Wildman–Crippen LogP) is 1.30. The van der Waals surface area contributed by atoms with Crippen LogP contribution in [0.1, 0.15) is 16.5 Å². The first-order valence-corrected chi connectivity index (χ1v) is 7.55. The van der Waals surface area contributed by atoms with E-state index < -0.39 is 0 Å². The van der Waals surface area contributed by atoms with Crippen molar-refractivity contribution in [1.82, 2.24) is 35.8 Å². The monoisotopic (exact) mass is 293 g/mol. The van der Waals surface area contributed by atoms with Crippen LogP contribution >= 0.6 is 23.1 Å². The molecule has 0 aliphatic carbocycles. The molecular formula is C10H11N7S2. The fraction of sp³-hybridized carbons (Fsp3) is 0.300. The SMILES string of the molecule is c1csc(Cc2nc(SCCc3nn[nH]n3)n[nH]2)c1. The van der Waals surface area contributed by atoms with Gasteiger partial charge in [0.1, 0.15) is 5.82 Å². The molecule has 0 saturated heterocycles. The molecule has 0 bridgehead atoms. The van der Waals surface area contributed by atoms with Crippen LogP contribution in [0.2, 0.25) is 0 Å². The molecular weight excluding hydrogens is 282 g/mol. The Kier molecular flexibility index (Phi) is 3.84. The van der Waals surface area contributed by atoms with Crippen molar-refractivity contribution in [3.05, 3.63) is 34.0 Å². The minimum atomic E-state index is 0.710. The van der Waals surface area contributed by atoms with Gasteiger partial charge in [0, 0.05) is 23.5 Å². The highest BCUT2D eigenvalue weighted by Crippen LogP contribution is 2.16. The summed E-state index contributed by atoms with van der Waals surface area (Å²) in [5, 5.41) is 23.7. The van der Waals surface area contributed by atoms with Crippen LogP contribution in [0.4, 0.5) is 0 Å². The summed E-state index contributed by atoms with van der Waals surface area (Å²) >= 11 is 3.30. The number of rotatable bonds is 6. The summed E-state index contributed by atoms with van der Waals surface area (Å²) in [6.07, 6.45) is 1.55. The molecule has 0 amide bonds. The largest absolute Gasteiger partial charge is 0.262 e. The number of thiophene rings is 1. The Morgan fingerprint density at radius 1 is 1.32 bits per heavy atom. The lowest BCUT2D eigenvalue weighted by Crippen LogP contribution is -1.92. The lowest BCUT2D eigenvalue weighted by Gasteiger charge is -1.92. The van der Waals surface area contributed by atoms with Crippen LogP contribution in [0.25, 0.3) is 0 Å². The van der Waals surface area contributed by atoms with Crippen LogP contribution in [0.3, 0.4) is 0 Å². The zero-order chi connectivity index (χ0) is 12.9. The van der Waals surface area contributed by atoms with Gasteiger partial charge < -0.3 is 0 Å².